The SMILES string of the molecule is C/C=C(\NC(C)C(C)C)c1ccc2nc(-c3ccc4c(c3)c3nccnc3c3[nH]c(C(C)C)nc43)ccc2c1. The third-order valence-corrected chi connectivity index (χ3v) is 7.70. The third kappa shape index (κ3) is 4.40. The fourth-order valence-electron chi connectivity index (χ4n) is 5.05. The lowest BCUT2D eigenvalue weighted by Gasteiger charge is -2.21. The normalized spacial score (nSPS) is 13.4. The first-order valence-corrected chi connectivity index (χ1v) is 13.7. The van der Waals surface area contributed by atoms with E-state index in [-0.39, 0.29) is 0 Å². The number of allylic oxidation sites excluding steroid dienone is 1. The molecule has 0 bridgehead atoms. The van der Waals surface area contributed by atoms with E-state index in [0.29, 0.717) is 17.9 Å². The van der Waals surface area contributed by atoms with Gasteiger partial charge < -0.3 is 10.3 Å². The summed E-state index contributed by atoms with van der Waals surface area (Å²) < 4.78 is 0. The van der Waals surface area contributed by atoms with Crippen LogP contribution < -0.4 is 5.32 Å². The summed E-state index contributed by atoms with van der Waals surface area (Å²) in [6.07, 6.45) is 5.64. The van der Waals surface area contributed by atoms with Crippen LogP contribution in [0.2, 0.25) is 0 Å². The Morgan fingerprint density at radius 3 is 2.36 bits per heavy atom. The zero-order chi connectivity index (χ0) is 27.3. The lowest BCUT2D eigenvalue weighted by molar-refractivity contribution is 0.480. The van der Waals surface area contributed by atoms with Crippen molar-refractivity contribution in [1.82, 2.24) is 30.2 Å². The molecule has 0 aliphatic carbocycles. The van der Waals surface area contributed by atoms with Crippen molar-refractivity contribution >= 4 is 49.4 Å². The quantitative estimate of drug-likeness (QED) is 0.220. The smallest absolute Gasteiger partial charge is 0.115 e. The number of benzene rings is 3. The van der Waals surface area contributed by atoms with Crippen LogP contribution in [0.3, 0.4) is 0 Å². The Balaban J connectivity index is 1.44. The average molecular weight is 515 g/mol. The molecule has 0 saturated carbocycles. The summed E-state index contributed by atoms with van der Waals surface area (Å²) in [7, 11) is 0. The topological polar surface area (TPSA) is 79.4 Å². The maximum absolute atomic E-state index is 5.04. The number of aromatic amines is 1. The van der Waals surface area contributed by atoms with Gasteiger partial charge in [0.05, 0.1) is 27.8 Å². The van der Waals surface area contributed by atoms with E-state index in [1.807, 2.05) is 0 Å². The van der Waals surface area contributed by atoms with Gasteiger partial charge >= 0.3 is 0 Å². The standard InChI is InChI=1S/C33H34N6/c1-7-26(36-20(6)18(2)3)21-9-12-27-22(16-21)10-13-28(37-27)23-8-11-24-25(17-23)29-31(35-15-14-34-29)32-30(24)38-33(39-32)19(4)5/h7-20,36H,1-6H3,(H,38,39)/b26-7-. The molecule has 6 nitrogen and oxygen atoms in total. The van der Waals surface area contributed by atoms with Crippen LogP contribution in [0.4, 0.5) is 0 Å². The van der Waals surface area contributed by atoms with Gasteiger partial charge in [0.15, 0.2) is 0 Å². The molecule has 6 aromatic rings. The predicted molar refractivity (Wildman–Crippen MR) is 163 cm³/mol. The lowest BCUT2D eigenvalue weighted by atomic mass is 10.0. The van der Waals surface area contributed by atoms with Gasteiger partial charge in [-0.1, -0.05) is 58.0 Å². The van der Waals surface area contributed by atoms with Crippen molar-refractivity contribution in [3.8, 4) is 11.3 Å². The highest BCUT2D eigenvalue weighted by Crippen LogP contribution is 2.35. The zero-order valence-corrected chi connectivity index (χ0v) is 23.4. The summed E-state index contributed by atoms with van der Waals surface area (Å²) in [5.74, 6) is 1.80. The van der Waals surface area contributed by atoms with Crippen LogP contribution in [0.15, 0.2) is 67.0 Å². The second-order valence-corrected chi connectivity index (χ2v) is 11.0. The molecule has 0 radical (unpaired) electrons. The molecule has 0 fully saturated rings. The molecule has 3 heterocycles. The molecule has 0 amide bonds. The Morgan fingerprint density at radius 2 is 1.62 bits per heavy atom. The van der Waals surface area contributed by atoms with Gasteiger partial charge in [0.2, 0.25) is 0 Å². The Morgan fingerprint density at radius 1 is 0.821 bits per heavy atom. The van der Waals surface area contributed by atoms with E-state index in [0.717, 1.165) is 66.5 Å². The number of hydrogen-bond acceptors (Lipinski definition) is 5. The van der Waals surface area contributed by atoms with E-state index in [9.17, 15) is 0 Å². The number of pyridine rings is 1. The highest BCUT2D eigenvalue weighted by atomic mass is 14.9. The minimum atomic E-state index is 0.291. The minimum Gasteiger partial charge on any atom is -0.382 e. The van der Waals surface area contributed by atoms with E-state index in [4.69, 9.17) is 15.0 Å². The molecule has 0 aliphatic rings. The number of nitrogens with zero attached hydrogens (tertiary/aromatic N) is 4. The minimum absolute atomic E-state index is 0.291. The van der Waals surface area contributed by atoms with Crippen molar-refractivity contribution in [2.75, 3.05) is 0 Å². The van der Waals surface area contributed by atoms with Gasteiger partial charge in [0, 0.05) is 51.8 Å². The molecule has 6 heteroatoms. The zero-order valence-electron chi connectivity index (χ0n) is 23.4. The van der Waals surface area contributed by atoms with Crippen molar-refractivity contribution in [1.29, 1.82) is 0 Å². The van der Waals surface area contributed by atoms with Crippen LogP contribution in [0, 0.1) is 5.92 Å². The van der Waals surface area contributed by atoms with Crippen LogP contribution in [-0.2, 0) is 0 Å². The second-order valence-electron chi connectivity index (χ2n) is 11.0. The Hall–Kier alpha value is -4.32. The molecule has 1 atom stereocenters. The molecular formula is C33H34N6. The first-order chi connectivity index (χ1) is 18.8. The van der Waals surface area contributed by atoms with Crippen LogP contribution in [0.25, 0.3) is 60.7 Å². The number of aromatic nitrogens is 5. The fourth-order valence-corrected chi connectivity index (χ4v) is 5.05. The molecule has 39 heavy (non-hydrogen) atoms. The molecule has 3 aromatic carbocycles. The van der Waals surface area contributed by atoms with Crippen molar-refractivity contribution in [3.05, 3.63) is 78.4 Å². The Kier molecular flexibility index (Phi) is 6.26. The highest BCUT2D eigenvalue weighted by Gasteiger charge is 2.17. The van der Waals surface area contributed by atoms with Crippen LogP contribution in [-0.4, -0.2) is 31.0 Å². The second kappa shape index (κ2) is 9.77. The molecular weight excluding hydrogens is 480 g/mol. The van der Waals surface area contributed by atoms with Crippen molar-refractivity contribution in [2.45, 2.75) is 53.5 Å². The maximum Gasteiger partial charge on any atom is 0.115 e. The first-order valence-electron chi connectivity index (χ1n) is 13.7. The van der Waals surface area contributed by atoms with E-state index in [1.165, 1.54) is 5.56 Å². The molecule has 1 unspecified atom stereocenters. The van der Waals surface area contributed by atoms with E-state index in [2.05, 4.69) is 111 Å². The highest BCUT2D eigenvalue weighted by molar-refractivity contribution is 6.21. The summed E-state index contributed by atoms with van der Waals surface area (Å²) in [5, 5.41) is 6.87. The van der Waals surface area contributed by atoms with Crippen molar-refractivity contribution < 1.29 is 0 Å². The van der Waals surface area contributed by atoms with Crippen LogP contribution in [0.5, 0.6) is 0 Å². The number of fused-ring (bicyclic) bond motifs is 7. The Labute approximate surface area is 228 Å². The monoisotopic (exact) mass is 514 g/mol. The average Bonchev–Trinajstić information content (AvgIpc) is 3.41. The summed E-state index contributed by atoms with van der Waals surface area (Å²) in [6, 6.07) is 17.6. The molecule has 2 N–H and O–H groups in total. The van der Waals surface area contributed by atoms with Gasteiger partial charge in [-0.05, 0) is 49.6 Å². The van der Waals surface area contributed by atoms with Crippen LogP contribution in [0.1, 0.15) is 58.8 Å². The molecule has 0 spiro atoms. The first kappa shape index (κ1) is 25.0. The van der Waals surface area contributed by atoms with Gasteiger partial charge in [-0.25, -0.2) is 9.97 Å². The summed E-state index contributed by atoms with van der Waals surface area (Å²) >= 11 is 0. The fraction of sp³-hybridized carbons (Fsp3) is 0.273. The number of rotatable bonds is 6. The summed E-state index contributed by atoms with van der Waals surface area (Å²) in [5.41, 5.74) is 8.85. The summed E-state index contributed by atoms with van der Waals surface area (Å²) in [6.45, 7) is 13.1. The summed E-state index contributed by atoms with van der Waals surface area (Å²) in [4.78, 5) is 22.9. The number of imidazole rings is 1. The molecule has 3 aromatic heterocycles. The van der Waals surface area contributed by atoms with E-state index in [1.54, 1.807) is 12.4 Å². The number of nitrogens with one attached hydrogen (secondary N) is 2. The van der Waals surface area contributed by atoms with Crippen molar-refractivity contribution in [3.63, 3.8) is 0 Å². The molecule has 196 valence electrons. The van der Waals surface area contributed by atoms with E-state index >= 15 is 0 Å². The van der Waals surface area contributed by atoms with E-state index < -0.39 is 0 Å². The van der Waals surface area contributed by atoms with Crippen LogP contribution >= 0.6 is 0 Å². The number of hydrogen-bond donors (Lipinski definition) is 2. The molecule has 6 rings (SSSR count). The van der Waals surface area contributed by atoms with Gasteiger partial charge in [0.25, 0.3) is 0 Å². The maximum atomic E-state index is 5.04. The number of H-pyrrole nitrogens is 1. The Bertz CT molecular complexity index is 1880. The largest absolute Gasteiger partial charge is 0.382 e. The third-order valence-electron chi connectivity index (χ3n) is 7.70. The molecule has 0 aliphatic heterocycles. The van der Waals surface area contributed by atoms with Gasteiger partial charge in [-0.2, -0.15) is 0 Å². The van der Waals surface area contributed by atoms with Gasteiger partial charge in [-0.15, -0.1) is 0 Å². The lowest BCUT2D eigenvalue weighted by Crippen LogP contribution is -2.29. The molecule has 0 saturated heterocycles. The van der Waals surface area contributed by atoms with Crippen molar-refractivity contribution in [2.24, 2.45) is 5.92 Å². The predicted octanol–water partition coefficient (Wildman–Crippen LogP) is 7.99. The van der Waals surface area contributed by atoms with Gasteiger partial charge in [0.1, 0.15) is 11.3 Å². The van der Waals surface area contributed by atoms with Gasteiger partial charge in [-0.3, -0.25) is 9.97 Å².